The fourth-order valence-corrected chi connectivity index (χ4v) is 4.05. The van der Waals surface area contributed by atoms with E-state index in [0.717, 1.165) is 0 Å². The van der Waals surface area contributed by atoms with Gasteiger partial charge in [-0.05, 0) is 61.5 Å². The smallest absolute Gasteiger partial charge is 0.339 e. The van der Waals surface area contributed by atoms with Gasteiger partial charge in [0, 0.05) is 11.3 Å². The summed E-state index contributed by atoms with van der Waals surface area (Å²) in [6.45, 7) is 1.96. The van der Waals surface area contributed by atoms with Crippen LogP contribution in [0.2, 0.25) is 0 Å². The first-order valence-electron chi connectivity index (χ1n) is 13.4. The van der Waals surface area contributed by atoms with E-state index in [0.29, 0.717) is 35.0 Å². The lowest BCUT2D eigenvalue weighted by atomic mass is 10.1. The lowest BCUT2D eigenvalue weighted by Crippen LogP contribution is -2.26. The standard InChI is InChI=1S/C33H32N2O8/c1-4-41-27-13-9-8-12-26(27)35-32(37)31(22-10-6-5-7-11-22)43-33(38)23-14-19-28(29(20-23)40-3)42-21-30(36)34-24-15-17-25(39-2)18-16-24/h5-20,31H,4,21H2,1-3H3,(H,34,36)(H,35,37)/t31-/m0/s1. The average Bonchev–Trinajstić information content (AvgIpc) is 3.04. The van der Waals surface area contributed by atoms with E-state index < -0.39 is 23.9 Å². The molecule has 2 amide bonds. The number of anilines is 2. The Balaban J connectivity index is 1.45. The van der Waals surface area contributed by atoms with Crippen molar-refractivity contribution in [3.8, 4) is 23.0 Å². The van der Waals surface area contributed by atoms with E-state index in [1.165, 1.54) is 25.3 Å². The number of benzene rings is 4. The summed E-state index contributed by atoms with van der Waals surface area (Å²) in [6, 6.07) is 26.9. The number of nitrogens with one attached hydrogen (secondary N) is 2. The molecule has 4 rings (SSSR count). The molecule has 0 radical (unpaired) electrons. The second kappa shape index (κ2) is 14.9. The number of carbonyl (C=O) groups excluding carboxylic acids is 3. The number of para-hydroxylation sites is 2. The number of hydrogen-bond donors (Lipinski definition) is 2. The molecule has 0 fully saturated rings. The molecule has 0 saturated heterocycles. The van der Waals surface area contributed by atoms with Crippen LogP contribution >= 0.6 is 0 Å². The third-order valence-electron chi connectivity index (χ3n) is 6.14. The molecule has 0 unspecified atom stereocenters. The second-order valence-corrected chi connectivity index (χ2v) is 9.05. The van der Waals surface area contributed by atoms with E-state index in [2.05, 4.69) is 10.6 Å². The van der Waals surface area contributed by atoms with Gasteiger partial charge < -0.3 is 34.3 Å². The van der Waals surface area contributed by atoms with Crippen LogP contribution < -0.4 is 29.6 Å². The lowest BCUT2D eigenvalue weighted by Gasteiger charge is -2.19. The molecular formula is C33H32N2O8. The molecule has 0 aromatic heterocycles. The van der Waals surface area contributed by atoms with E-state index in [1.54, 1.807) is 86.0 Å². The van der Waals surface area contributed by atoms with Gasteiger partial charge in [0.25, 0.3) is 11.8 Å². The van der Waals surface area contributed by atoms with Gasteiger partial charge in [-0.3, -0.25) is 9.59 Å². The molecule has 10 nitrogen and oxygen atoms in total. The summed E-state index contributed by atoms with van der Waals surface area (Å²) >= 11 is 0. The summed E-state index contributed by atoms with van der Waals surface area (Å²) in [4.78, 5) is 39.0. The maximum absolute atomic E-state index is 13.4. The molecule has 0 heterocycles. The normalized spacial score (nSPS) is 11.0. The zero-order valence-electron chi connectivity index (χ0n) is 24.0. The van der Waals surface area contributed by atoms with Crippen LogP contribution in [0.3, 0.4) is 0 Å². The van der Waals surface area contributed by atoms with Crippen molar-refractivity contribution in [2.24, 2.45) is 0 Å². The highest BCUT2D eigenvalue weighted by Crippen LogP contribution is 2.31. The average molecular weight is 585 g/mol. The molecule has 4 aromatic rings. The molecule has 4 aromatic carbocycles. The molecule has 1 atom stereocenters. The van der Waals surface area contributed by atoms with Crippen molar-refractivity contribution in [3.05, 3.63) is 108 Å². The summed E-state index contributed by atoms with van der Waals surface area (Å²) in [5.74, 6) is -0.0920. The minimum atomic E-state index is -1.26. The summed E-state index contributed by atoms with van der Waals surface area (Å²) in [5, 5.41) is 5.53. The highest BCUT2D eigenvalue weighted by Gasteiger charge is 2.27. The van der Waals surface area contributed by atoms with Crippen LogP contribution in [0.15, 0.2) is 97.1 Å². The van der Waals surface area contributed by atoms with Gasteiger partial charge in [-0.1, -0.05) is 42.5 Å². The van der Waals surface area contributed by atoms with Gasteiger partial charge in [0.1, 0.15) is 11.5 Å². The largest absolute Gasteiger partial charge is 0.497 e. The van der Waals surface area contributed by atoms with Crippen molar-refractivity contribution < 1.29 is 38.1 Å². The van der Waals surface area contributed by atoms with Crippen molar-refractivity contribution >= 4 is 29.2 Å². The van der Waals surface area contributed by atoms with Crippen molar-refractivity contribution in [1.29, 1.82) is 0 Å². The first kappa shape index (κ1) is 30.4. The zero-order chi connectivity index (χ0) is 30.6. The summed E-state index contributed by atoms with van der Waals surface area (Å²) in [6.07, 6.45) is -1.26. The Morgan fingerprint density at radius 3 is 2.14 bits per heavy atom. The Hall–Kier alpha value is -5.51. The minimum absolute atomic E-state index is 0.121. The van der Waals surface area contributed by atoms with E-state index in [9.17, 15) is 14.4 Å². The van der Waals surface area contributed by atoms with Crippen molar-refractivity contribution in [1.82, 2.24) is 0 Å². The molecule has 0 bridgehead atoms. The number of hydrogen-bond acceptors (Lipinski definition) is 8. The monoisotopic (exact) mass is 584 g/mol. The van der Waals surface area contributed by atoms with Gasteiger partial charge in [0.15, 0.2) is 18.1 Å². The minimum Gasteiger partial charge on any atom is -0.497 e. The van der Waals surface area contributed by atoms with Gasteiger partial charge >= 0.3 is 5.97 Å². The predicted octanol–water partition coefficient (Wildman–Crippen LogP) is 5.66. The van der Waals surface area contributed by atoms with Crippen LogP contribution in [-0.4, -0.2) is 45.2 Å². The number of esters is 1. The topological polar surface area (TPSA) is 121 Å². The van der Waals surface area contributed by atoms with Gasteiger partial charge in [-0.2, -0.15) is 0 Å². The third kappa shape index (κ3) is 8.26. The molecule has 0 aliphatic rings. The van der Waals surface area contributed by atoms with Crippen LogP contribution in [0.5, 0.6) is 23.0 Å². The number of ether oxygens (including phenoxy) is 5. The number of amides is 2. The van der Waals surface area contributed by atoms with Crippen LogP contribution in [0.1, 0.15) is 28.9 Å². The van der Waals surface area contributed by atoms with Gasteiger partial charge in [0.2, 0.25) is 6.10 Å². The highest BCUT2D eigenvalue weighted by molar-refractivity contribution is 5.99. The SMILES string of the molecule is CCOc1ccccc1NC(=O)[C@@H](OC(=O)c1ccc(OCC(=O)Nc2ccc(OC)cc2)c(OC)c1)c1ccccc1. The molecule has 0 saturated carbocycles. The molecule has 0 aliphatic heterocycles. The quantitative estimate of drug-likeness (QED) is 0.193. The molecule has 0 spiro atoms. The van der Waals surface area contributed by atoms with E-state index in [4.69, 9.17) is 23.7 Å². The Morgan fingerprint density at radius 1 is 0.721 bits per heavy atom. The Bertz CT molecular complexity index is 1540. The first-order chi connectivity index (χ1) is 20.9. The summed E-state index contributed by atoms with van der Waals surface area (Å²) in [7, 11) is 2.97. The number of rotatable bonds is 13. The number of carbonyl (C=O) groups is 3. The second-order valence-electron chi connectivity index (χ2n) is 9.05. The predicted molar refractivity (Wildman–Crippen MR) is 161 cm³/mol. The highest BCUT2D eigenvalue weighted by atomic mass is 16.5. The van der Waals surface area contributed by atoms with E-state index in [-0.39, 0.29) is 23.7 Å². The Labute approximate surface area is 249 Å². The number of methoxy groups -OCH3 is 2. The zero-order valence-corrected chi connectivity index (χ0v) is 24.0. The lowest BCUT2D eigenvalue weighted by molar-refractivity contribution is -0.125. The van der Waals surface area contributed by atoms with Gasteiger partial charge in [0.05, 0.1) is 32.1 Å². The molecular weight excluding hydrogens is 552 g/mol. The van der Waals surface area contributed by atoms with Crippen molar-refractivity contribution in [2.45, 2.75) is 13.0 Å². The van der Waals surface area contributed by atoms with Crippen LogP contribution in [-0.2, 0) is 14.3 Å². The van der Waals surface area contributed by atoms with E-state index in [1.807, 2.05) is 6.92 Å². The molecule has 222 valence electrons. The fraction of sp³-hybridized carbons (Fsp3) is 0.182. The maximum atomic E-state index is 13.4. The molecule has 2 N–H and O–H groups in total. The Morgan fingerprint density at radius 2 is 1.44 bits per heavy atom. The molecule has 43 heavy (non-hydrogen) atoms. The first-order valence-corrected chi connectivity index (χ1v) is 13.4. The maximum Gasteiger partial charge on any atom is 0.339 e. The van der Waals surface area contributed by atoms with Crippen LogP contribution in [0.25, 0.3) is 0 Å². The van der Waals surface area contributed by atoms with Crippen LogP contribution in [0, 0.1) is 0 Å². The Kier molecular flexibility index (Phi) is 10.6. The van der Waals surface area contributed by atoms with Crippen LogP contribution in [0.4, 0.5) is 11.4 Å². The van der Waals surface area contributed by atoms with Gasteiger partial charge in [-0.15, -0.1) is 0 Å². The van der Waals surface area contributed by atoms with Crippen molar-refractivity contribution in [3.63, 3.8) is 0 Å². The third-order valence-corrected chi connectivity index (χ3v) is 6.14. The summed E-state index contributed by atoms with van der Waals surface area (Å²) < 4.78 is 27.5. The van der Waals surface area contributed by atoms with Gasteiger partial charge in [-0.25, -0.2) is 4.79 Å². The van der Waals surface area contributed by atoms with Crippen molar-refractivity contribution in [2.75, 3.05) is 38.1 Å². The molecule has 10 heteroatoms. The fourth-order valence-electron chi connectivity index (χ4n) is 4.05. The van der Waals surface area contributed by atoms with E-state index >= 15 is 0 Å². The molecule has 0 aliphatic carbocycles. The summed E-state index contributed by atoms with van der Waals surface area (Å²) in [5.41, 5.74) is 1.63.